The van der Waals surface area contributed by atoms with Gasteiger partial charge in [-0.1, -0.05) is 46.1 Å². The molecule has 0 heterocycles. The Morgan fingerprint density at radius 2 is 1.81 bits per heavy atom. The summed E-state index contributed by atoms with van der Waals surface area (Å²) in [5.74, 6) is 1.43. The highest BCUT2D eigenvalue weighted by molar-refractivity contribution is 5.87. The van der Waals surface area contributed by atoms with E-state index in [0.29, 0.717) is 30.5 Å². The van der Waals surface area contributed by atoms with Crippen LogP contribution in [0.4, 0.5) is 0 Å². The summed E-state index contributed by atoms with van der Waals surface area (Å²) in [5.41, 5.74) is 1.50. The first-order valence-electron chi connectivity index (χ1n) is 9.94. The first-order valence-corrected chi connectivity index (χ1v) is 9.94. The molecule has 0 aromatic carbocycles. The standard InChI is InChI=1S/C21H34O5/c1-12-7-6-8-20(5)15(12)9-14-10-17(26-21(23,24)25)13(2)16(11-18(20)22)19(14,3)4/h12,14-15,17,23-25H,6-11H2,1-5H3/t12-,14-,15-,17+,20-/m1/s1. The number of ketones is 1. The Hall–Kier alpha value is -0.750. The lowest BCUT2D eigenvalue weighted by molar-refractivity contribution is -0.464. The molecule has 0 saturated heterocycles. The Balaban J connectivity index is 2.05. The number of hydrogen-bond acceptors (Lipinski definition) is 5. The minimum atomic E-state index is -3.15. The van der Waals surface area contributed by atoms with Crippen LogP contribution in [0, 0.1) is 28.6 Å². The van der Waals surface area contributed by atoms with Gasteiger partial charge in [0.05, 0.1) is 6.10 Å². The summed E-state index contributed by atoms with van der Waals surface area (Å²) in [6.45, 7) is 10.7. The van der Waals surface area contributed by atoms with Gasteiger partial charge in [0.25, 0.3) is 0 Å². The average molecular weight is 366 g/mol. The van der Waals surface area contributed by atoms with Crippen molar-refractivity contribution in [2.45, 2.75) is 85.4 Å². The third-order valence-electron chi connectivity index (χ3n) is 7.93. The lowest BCUT2D eigenvalue weighted by Gasteiger charge is -2.53. The minimum absolute atomic E-state index is 0.138. The number of allylic oxidation sites excluding steroid dienone is 1. The molecule has 148 valence electrons. The van der Waals surface area contributed by atoms with E-state index in [9.17, 15) is 20.1 Å². The van der Waals surface area contributed by atoms with Crippen molar-refractivity contribution in [3.63, 3.8) is 0 Å². The summed E-state index contributed by atoms with van der Waals surface area (Å²) in [6, 6.07) is 0. The maximum Gasteiger partial charge on any atom is 0.405 e. The van der Waals surface area contributed by atoms with Gasteiger partial charge in [-0.15, -0.1) is 0 Å². The summed E-state index contributed by atoms with van der Waals surface area (Å²) in [7, 11) is 0. The van der Waals surface area contributed by atoms with Crippen molar-refractivity contribution in [2.75, 3.05) is 0 Å². The van der Waals surface area contributed by atoms with E-state index in [0.717, 1.165) is 36.8 Å². The van der Waals surface area contributed by atoms with Crippen LogP contribution in [0.25, 0.3) is 0 Å². The average Bonchev–Trinajstić information content (AvgIpc) is 2.49. The Morgan fingerprint density at radius 1 is 1.15 bits per heavy atom. The number of fused-ring (bicyclic) bond motifs is 3. The van der Waals surface area contributed by atoms with Crippen molar-refractivity contribution in [2.24, 2.45) is 28.6 Å². The van der Waals surface area contributed by atoms with E-state index >= 15 is 0 Å². The molecule has 3 aliphatic rings. The van der Waals surface area contributed by atoms with Crippen molar-refractivity contribution >= 4 is 5.78 Å². The fourth-order valence-electron chi connectivity index (χ4n) is 6.08. The van der Waals surface area contributed by atoms with Gasteiger partial charge in [-0.05, 0) is 54.9 Å². The molecular formula is C21H34O5. The molecule has 0 aromatic heterocycles. The fraction of sp³-hybridized carbons (Fsp3) is 0.857. The first-order chi connectivity index (χ1) is 11.9. The number of carbonyl (C=O) groups is 1. The highest BCUT2D eigenvalue weighted by Crippen LogP contribution is 2.58. The van der Waals surface area contributed by atoms with E-state index in [1.807, 2.05) is 6.92 Å². The number of rotatable bonds is 2. The lowest BCUT2D eigenvalue weighted by Crippen LogP contribution is -2.50. The molecule has 0 radical (unpaired) electrons. The SMILES string of the molecule is CC1=C2CC(=O)[C@]3(C)CCC[C@@H](C)[C@H]3C[C@H](C[C@@H]1OC(O)(O)O)C2(C)C. The Bertz CT molecular complexity index is 614. The zero-order valence-electron chi connectivity index (χ0n) is 16.7. The van der Waals surface area contributed by atoms with Crippen LogP contribution in [0.15, 0.2) is 11.1 Å². The lowest BCUT2D eigenvalue weighted by atomic mass is 9.51. The number of carbonyl (C=O) groups excluding carboxylic acids is 1. The second-order valence-corrected chi connectivity index (χ2v) is 9.73. The smallest absolute Gasteiger partial charge is 0.319 e. The highest BCUT2D eigenvalue weighted by atomic mass is 16.9. The van der Waals surface area contributed by atoms with Crippen LogP contribution < -0.4 is 0 Å². The second kappa shape index (κ2) is 6.40. The molecule has 2 fully saturated rings. The van der Waals surface area contributed by atoms with Gasteiger partial charge in [0.2, 0.25) is 0 Å². The molecule has 0 amide bonds. The zero-order chi connectivity index (χ0) is 19.5. The topological polar surface area (TPSA) is 87.0 Å². The molecule has 5 atom stereocenters. The van der Waals surface area contributed by atoms with Crippen LogP contribution in [-0.4, -0.2) is 33.4 Å². The number of ether oxygens (including phenoxy) is 1. The van der Waals surface area contributed by atoms with Gasteiger partial charge in [0.15, 0.2) is 0 Å². The monoisotopic (exact) mass is 366 g/mol. The minimum Gasteiger partial charge on any atom is -0.319 e. The molecule has 2 bridgehead atoms. The highest BCUT2D eigenvalue weighted by Gasteiger charge is 2.53. The van der Waals surface area contributed by atoms with Gasteiger partial charge < -0.3 is 15.3 Å². The second-order valence-electron chi connectivity index (χ2n) is 9.73. The van der Waals surface area contributed by atoms with Crippen molar-refractivity contribution in [1.82, 2.24) is 0 Å². The van der Waals surface area contributed by atoms with E-state index in [1.54, 1.807) is 0 Å². The molecule has 5 nitrogen and oxygen atoms in total. The van der Waals surface area contributed by atoms with Gasteiger partial charge >= 0.3 is 6.16 Å². The van der Waals surface area contributed by atoms with Crippen LogP contribution in [0.5, 0.6) is 0 Å². The molecule has 0 unspecified atom stereocenters. The van der Waals surface area contributed by atoms with E-state index < -0.39 is 12.3 Å². The molecule has 0 aromatic rings. The molecule has 2 saturated carbocycles. The maximum atomic E-state index is 13.4. The largest absolute Gasteiger partial charge is 0.405 e. The summed E-state index contributed by atoms with van der Waals surface area (Å²) < 4.78 is 5.14. The van der Waals surface area contributed by atoms with Gasteiger partial charge in [-0.25, -0.2) is 0 Å². The summed E-state index contributed by atoms with van der Waals surface area (Å²) >= 11 is 0. The van der Waals surface area contributed by atoms with Crippen molar-refractivity contribution in [3.8, 4) is 0 Å². The molecule has 3 N–H and O–H groups in total. The molecular weight excluding hydrogens is 332 g/mol. The van der Waals surface area contributed by atoms with Crippen LogP contribution in [0.3, 0.4) is 0 Å². The van der Waals surface area contributed by atoms with Gasteiger partial charge in [0.1, 0.15) is 5.78 Å². The Kier molecular flexibility index (Phi) is 4.92. The number of Topliss-reactive ketones (excluding diaryl/α,β-unsaturated/α-hetero) is 1. The van der Waals surface area contributed by atoms with Gasteiger partial charge in [-0.2, -0.15) is 0 Å². The van der Waals surface area contributed by atoms with Gasteiger partial charge in [0, 0.05) is 11.8 Å². The van der Waals surface area contributed by atoms with Crippen molar-refractivity contribution in [3.05, 3.63) is 11.1 Å². The molecule has 0 aliphatic heterocycles. The number of aliphatic hydroxyl groups is 3. The van der Waals surface area contributed by atoms with Crippen molar-refractivity contribution in [1.29, 1.82) is 0 Å². The molecule has 26 heavy (non-hydrogen) atoms. The molecule has 3 rings (SSSR count). The normalized spacial score (nSPS) is 40.7. The molecule has 0 spiro atoms. The summed E-state index contributed by atoms with van der Waals surface area (Å²) in [6.07, 6.45) is 1.46. The fourth-order valence-corrected chi connectivity index (χ4v) is 6.08. The zero-order valence-corrected chi connectivity index (χ0v) is 16.7. The quantitative estimate of drug-likeness (QED) is 0.516. The third-order valence-corrected chi connectivity index (χ3v) is 7.93. The number of hydrogen-bond donors (Lipinski definition) is 3. The van der Waals surface area contributed by atoms with E-state index in [1.165, 1.54) is 0 Å². The Morgan fingerprint density at radius 3 is 2.42 bits per heavy atom. The predicted molar refractivity (Wildman–Crippen MR) is 97.7 cm³/mol. The van der Waals surface area contributed by atoms with E-state index in [2.05, 4.69) is 27.7 Å². The van der Waals surface area contributed by atoms with Crippen LogP contribution >= 0.6 is 0 Å². The van der Waals surface area contributed by atoms with Crippen LogP contribution in [0.2, 0.25) is 0 Å². The van der Waals surface area contributed by atoms with Crippen LogP contribution in [0.1, 0.15) is 73.1 Å². The first kappa shape index (κ1) is 20.0. The Labute approximate surface area is 156 Å². The summed E-state index contributed by atoms with van der Waals surface area (Å²) in [4.78, 5) is 13.4. The van der Waals surface area contributed by atoms with Crippen LogP contribution in [-0.2, 0) is 9.53 Å². The summed E-state index contributed by atoms with van der Waals surface area (Å²) in [5, 5.41) is 28.0. The van der Waals surface area contributed by atoms with E-state index in [-0.39, 0.29) is 16.7 Å². The third kappa shape index (κ3) is 3.28. The van der Waals surface area contributed by atoms with Gasteiger partial charge in [-0.3, -0.25) is 9.53 Å². The molecule has 3 aliphatic carbocycles. The maximum absolute atomic E-state index is 13.4. The molecule has 5 heteroatoms. The predicted octanol–water partition coefficient (Wildman–Crippen LogP) is 3.13. The van der Waals surface area contributed by atoms with E-state index in [4.69, 9.17) is 4.74 Å². The van der Waals surface area contributed by atoms with Crippen molar-refractivity contribution < 1.29 is 24.9 Å².